The summed E-state index contributed by atoms with van der Waals surface area (Å²) in [6, 6.07) is 6.92. The average molecular weight is 340 g/mol. The Labute approximate surface area is 150 Å². The lowest BCUT2D eigenvalue weighted by Crippen LogP contribution is -2.40. The van der Waals surface area contributed by atoms with E-state index in [1.54, 1.807) is 0 Å². The van der Waals surface area contributed by atoms with E-state index in [1.165, 1.54) is 30.4 Å². The second-order valence-corrected chi connectivity index (χ2v) is 7.49. The second kappa shape index (κ2) is 7.71. The summed E-state index contributed by atoms with van der Waals surface area (Å²) < 4.78 is 5.53. The number of likely N-dealkylation sites (tertiary alicyclic amines) is 1. The highest BCUT2D eigenvalue weighted by atomic mass is 16.5. The van der Waals surface area contributed by atoms with Crippen LogP contribution in [0.4, 0.5) is 5.69 Å². The van der Waals surface area contributed by atoms with Crippen molar-refractivity contribution in [2.24, 2.45) is 0 Å². The van der Waals surface area contributed by atoms with Gasteiger partial charge in [-0.1, -0.05) is 17.7 Å². The molecule has 0 bridgehead atoms. The zero-order chi connectivity index (χ0) is 17.1. The van der Waals surface area contributed by atoms with Gasteiger partial charge in [-0.15, -0.1) is 0 Å². The van der Waals surface area contributed by atoms with Crippen molar-refractivity contribution < 1.29 is 9.53 Å². The van der Waals surface area contributed by atoms with E-state index in [1.807, 2.05) is 6.07 Å². The van der Waals surface area contributed by atoms with Gasteiger partial charge in [0.1, 0.15) is 0 Å². The quantitative estimate of drug-likeness (QED) is 0.787. The summed E-state index contributed by atoms with van der Waals surface area (Å²) in [6.07, 6.45) is 9.26. The van der Waals surface area contributed by atoms with Crippen LogP contribution in [0.5, 0.6) is 0 Å². The summed E-state index contributed by atoms with van der Waals surface area (Å²) in [5, 5.41) is 0. The number of ether oxygens (including phenoxy) is 1. The molecular weight excluding hydrogens is 312 g/mol. The number of anilines is 1. The van der Waals surface area contributed by atoms with Crippen LogP contribution < -0.4 is 4.90 Å². The van der Waals surface area contributed by atoms with Crippen LogP contribution in [-0.4, -0.2) is 56.6 Å². The normalized spacial score (nSPS) is 24.7. The summed E-state index contributed by atoms with van der Waals surface area (Å²) in [6.45, 7) is 6.26. The fraction of sp³-hybridized carbons (Fsp3) is 0.571. The fourth-order valence-corrected chi connectivity index (χ4v) is 4.35. The van der Waals surface area contributed by atoms with Gasteiger partial charge in [0.25, 0.3) is 0 Å². The largest absolute Gasteiger partial charge is 0.380 e. The first-order chi connectivity index (χ1) is 12.3. The molecule has 0 radical (unpaired) electrons. The maximum absolute atomic E-state index is 11.4. The minimum absolute atomic E-state index is 0.634. The van der Waals surface area contributed by atoms with Crippen molar-refractivity contribution >= 4 is 18.0 Å². The Hall–Kier alpha value is -1.65. The van der Waals surface area contributed by atoms with Crippen molar-refractivity contribution in [3.63, 3.8) is 0 Å². The standard InChI is InChI=1S/C21H28N2O2/c24-15-19-4-3-18(14-21(19)23-8-1-2-9-23)13-17-5-10-22(11-6-17)20-7-12-25-16-20/h3-4,13-15,20H,1-2,5-12,16H2. The minimum Gasteiger partial charge on any atom is -0.380 e. The highest BCUT2D eigenvalue weighted by molar-refractivity contribution is 5.86. The molecule has 3 saturated heterocycles. The number of piperidine rings is 1. The molecule has 0 N–H and O–H groups in total. The van der Waals surface area contributed by atoms with Gasteiger partial charge in [-0.3, -0.25) is 9.69 Å². The van der Waals surface area contributed by atoms with E-state index < -0.39 is 0 Å². The van der Waals surface area contributed by atoms with Gasteiger partial charge in [0.05, 0.1) is 6.61 Å². The number of benzene rings is 1. The number of aldehydes is 1. The third-order valence-electron chi connectivity index (χ3n) is 5.86. The van der Waals surface area contributed by atoms with E-state index in [9.17, 15) is 4.79 Å². The van der Waals surface area contributed by atoms with Gasteiger partial charge in [-0.25, -0.2) is 0 Å². The van der Waals surface area contributed by atoms with Crippen LogP contribution in [0.1, 0.15) is 48.0 Å². The van der Waals surface area contributed by atoms with Crippen molar-refractivity contribution in [2.75, 3.05) is 44.3 Å². The Morgan fingerprint density at radius 2 is 1.88 bits per heavy atom. The molecule has 1 unspecified atom stereocenters. The number of hydrogen-bond donors (Lipinski definition) is 0. The lowest BCUT2D eigenvalue weighted by molar-refractivity contribution is 0.112. The number of rotatable bonds is 4. The fourth-order valence-electron chi connectivity index (χ4n) is 4.35. The molecule has 0 saturated carbocycles. The molecule has 1 atom stereocenters. The Balaban J connectivity index is 1.46. The molecule has 3 aliphatic heterocycles. The maximum Gasteiger partial charge on any atom is 0.152 e. The summed E-state index contributed by atoms with van der Waals surface area (Å²) >= 11 is 0. The van der Waals surface area contributed by atoms with Crippen LogP contribution in [-0.2, 0) is 4.74 Å². The van der Waals surface area contributed by atoms with Gasteiger partial charge >= 0.3 is 0 Å². The smallest absolute Gasteiger partial charge is 0.152 e. The van der Waals surface area contributed by atoms with E-state index in [0.717, 1.165) is 69.8 Å². The summed E-state index contributed by atoms with van der Waals surface area (Å²) in [5.41, 5.74) is 4.70. The lowest BCUT2D eigenvalue weighted by atomic mass is 9.98. The van der Waals surface area contributed by atoms with E-state index in [4.69, 9.17) is 4.74 Å². The molecular formula is C21H28N2O2. The van der Waals surface area contributed by atoms with Gasteiger partial charge in [-0.05, 0) is 49.8 Å². The number of nitrogens with zero attached hydrogens (tertiary/aromatic N) is 2. The zero-order valence-corrected chi connectivity index (χ0v) is 15.0. The van der Waals surface area contributed by atoms with Crippen LogP contribution in [0, 0.1) is 0 Å². The third-order valence-corrected chi connectivity index (χ3v) is 5.86. The van der Waals surface area contributed by atoms with E-state index in [-0.39, 0.29) is 0 Å². The lowest BCUT2D eigenvalue weighted by Gasteiger charge is -2.32. The van der Waals surface area contributed by atoms with Crippen LogP contribution in [0.3, 0.4) is 0 Å². The van der Waals surface area contributed by atoms with Crippen LogP contribution in [0.25, 0.3) is 6.08 Å². The predicted octanol–water partition coefficient (Wildman–Crippen LogP) is 3.37. The molecule has 0 aromatic heterocycles. The number of hydrogen-bond acceptors (Lipinski definition) is 4. The molecule has 3 fully saturated rings. The molecule has 1 aromatic carbocycles. The highest BCUT2D eigenvalue weighted by Gasteiger charge is 2.25. The van der Waals surface area contributed by atoms with Gasteiger partial charge in [0, 0.05) is 50.1 Å². The Morgan fingerprint density at radius 3 is 2.56 bits per heavy atom. The van der Waals surface area contributed by atoms with E-state index in [2.05, 4.69) is 28.0 Å². The van der Waals surface area contributed by atoms with Crippen molar-refractivity contribution in [3.05, 3.63) is 34.9 Å². The molecule has 0 spiro atoms. The van der Waals surface area contributed by atoms with Crippen LogP contribution in [0.2, 0.25) is 0 Å². The predicted molar refractivity (Wildman–Crippen MR) is 101 cm³/mol. The maximum atomic E-state index is 11.4. The van der Waals surface area contributed by atoms with E-state index >= 15 is 0 Å². The molecule has 134 valence electrons. The van der Waals surface area contributed by atoms with Crippen molar-refractivity contribution in [2.45, 2.75) is 38.1 Å². The summed E-state index contributed by atoms with van der Waals surface area (Å²) in [4.78, 5) is 16.3. The Morgan fingerprint density at radius 1 is 1.08 bits per heavy atom. The van der Waals surface area contributed by atoms with Gasteiger partial charge in [0.15, 0.2) is 6.29 Å². The molecule has 4 heteroatoms. The minimum atomic E-state index is 0.634. The monoisotopic (exact) mass is 340 g/mol. The van der Waals surface area contributed by atoms with E-state index in [0.29, 0.717) is 6.04 Å². The number of carbonyl (C=O) groups excluding carboxylic acids is 1. The second-order valence-electron chi connectivity index (χ2n) is 7.49. The molecule has 4 nitrogen and oxygen atoms in total. The third kappa shape index (κ3) is 3.80. The first-order valence-electron chi connectivity index (χ1n) is 9.69. The van der Waals surface area contributed by atoms with Crippen LogP contribution >= 0.6 is 0 Å². The summed E-state index contributed by atoms with van der Waals surface area (Å²) in [7, 11) is 0. The molecule has 1 aromatic rings. The zero-order valence-electron chi connectivity index (χ0n) is 15.0. The Bertz CT molecular complexity index is 633. The molecule has 4 rings (SSSR count). The Kier molecular flexibility index (Phi) is 5.18. The topological polar surface area (TPSA) is 32.8 Å². The molecule has 25 heavy (non-hydrogen) atoms. The first-order valence-corrected chi connectivity index (χ1v) is 9.69. The van der Waals surface area contributed by atoms with Crippen LogP contribution in [0.15, 0.2) is 23.8 Å². The molecule has 3 heterocycles. The first kappa shape index (κ1) is 16.8. The SMILES string of the molecule is O=Cc1ccc(C=C2CCN(C3CCOC3)CC2)cc1N1CCCC1. The van der Waals surface area contributed by atoms with Gasteiger partial charge < -0.3 is 9.64 Å². The molecule has 0 amide bonds. The van der Waals surface area contributed by atoms with Crippen molar-refractivity contribution in [3.8, 4) is 0 Å². The molecule has 0 aliphatic carbocycles. The average Bonchev–Trinajstić information content (AvgIpc) is 3.36. The van der Waals surface area contributed by atoms with Gasteiger partial charge in [0.2, 0.25) is 0 Å². The van der Waals surface area contributed by atoms with Crippen molar-refractivity contribution in [1.29, 1.82) is 0 Å². The van der Waals surface area contributed by atoms with Gasteiger partial charge in [-0.2, -0.15) is 0 Å². The number of carbonyl (C=O) groups is 1. The summed E-state index contributed by atoms with van der Waals surface area (Å²) in [5.74, 6) is 0. The molecule has 3 aliphatic rings. The van der Waals surface area contributed by atoms with Crippen molar-refractivity contribution in [1.82, 2.24) is 4.90 Å². The highest BCUT2D eigenvalue weighted by Crippen LogP contribution is 2.28.